The zero-order valence-electron chi connectivity index (χ0n) is 11.4. The molecule has 0 bridgehead atoms. The smallest absolute Gasteiger partial charge is 0.220 e. The van der Waals surface area contributed by atoms with Crippen molar-refractivity contribution >= 4 is 11.6 Å². The molecule has 2 rings (SSSR count). The number of amides is 1. The summed E-state index contributed by atoms with van der Waals surface area (Å²) in [6, 6.07) is 11.4. The molecule has 1 aromatic carbocycles. The van der Waals surface area contributed by atoms with Crippen LogP contribution >= 0.6 is 0 Å². The van der Waals surface area contributed by atoms with E-state index in [-0.39, 0.29) is 18.9 Å². The molecule has 106 valence electrons. The minimum absolute atomic E-state index is 0.200. The van der Waals surface area contributed by atoms with Gasteiger partial charge in [0.25, 0.3) is 0 Å². The highest BCUT2D eigenvalue weighted by molar-refractivity contribution is 5.73. The number of hydrogen-bond donors (Lipinski definition) is 2. The number of primary amides is 1. The highest BCUT2D eigenvalue weighted by atomic mass is 16.5. The number of benzene rings is 1. The zero-order valence-corrected chi connectivity index (χ0v) is 11.4. The van der Waals surface area contributed by atoms with Crippen LogP contribution in [0.5, 0.6) is 5.75 Å². The van der Waals surface area contributed by atoms with E-state index in [4.69, 9.17) is 14.9 Å². The summed E-state index contributed by atoms with van der Waals surface area (Å²) in [5.74, 6) is 2.06. The van der Waals surface area contributed by atoms with Gasteiger partial charge in [-0.3, -0.25) is 4.79 Å². The minimum Gasteiger partial charge on any atom is -0.491 e. The van der Waals surface area contributed by atoms with E-state index in [2.05, 4.69) is 5.32 Å². The summed E-state index contributed by atoms with van der Waals surface area (Å²) in [5.41, 5.74) is 5.94. The van der Waals surface area contributed by atoms with E-state index in [9.17, 15) is 4.79 Å². The fourth-order valence-electron chi connectivity index (χ4n) is 1.76. The number of carbonyl (C=O) groups is 1. The summed E-state index contributed by atoms with van der Waals surface area (Å²) < 4.78 is 11.0. The van der Waals surface area contributed by atoms with Crippen molar-refractivity contribution in [3.05, 3.63) is 47.9 Å². The van der Waals surface area contributed by atoms with Crippen LogP contribution in [0.1, 0.15) is 17.9 Å². The Bertz CT molecular complexity index is 578. The largest absolute Gasteiger partial charge is 0.491 e. The van der Waals surface area contributed by atoms with Gasteiger partial charge in [-0.05, 0) is 31.2 Å². The van der Waals surface area contributed by atoms with Gasteiger partial charge in [0.15, 0.2) is 0 Å². The number of carbonyl (C=O) groups excluding carboxylic acids is 1. The maximum absolute atomic E-state index is 10.7. The highest BCUT2D eigenvalue weighted by Crippen LogP contribution is 2.24. The van der Waals surface area contributed by atoms with E-state index in [1.165, 1.54) is 0 Å². The lowest BCUT2D eigenvalue weighted by Gasteiger charge is -2.12. The van der Waals surface area contributed by atoms with E-state index in [0.29, 0.717) is 12.3 Å². The molecule has 0 aliphatic rings. The Labute approximate surface area is 117 Å². The van der Waals surface area contributed by atoms with Crippen LogP contribution in [0, 0.1) is 6.92 Å². The summed E-state index contributed by atoms with van der Waals surface area (Å²) in [6.07, 6.45) is 0.200. The second kappa shape index (κ2) is 6.65. The van der Waals surface area contributed by atoms with Crippen molar-refractivity contribution < 1.29 is 13.9 Å². The molecule has 0 fully saturated rings. The Morgan fingerprint density at radius 3 is 2.80 bits per heavy atom. The second-order valence-corrected chi connectivity index (χ2v) is 4.43. The number of aryl methyl sites for hydroxylation is 1. The number of anilines is 1. The van der Waals surface area contributed by atoms with Crippen molar-refractivity contribution in [3.8, 4) is 5.75 Å². The van der Waals surface area contributed by atoms with Crippen LogP contribution in [0.25, 0.3) is 0 Å². The summed E-state index contributed by atoms with van der Waals surface area (Å²) in [7, 11) is 0. The van der Waals surface area contributed by atoms with Crippen molar-refractivity contribution in [1.82, 2.24) is 0 Å². The maximum atomic E-state index is 10.7. The Balaban J connectivity index is 1.94. The van der Waals surface area contributed by atoms with E-state index in [0.717, 1.165) is 17.2 Å². The molecule has 1 aromatic heterocycles. The number of nitrogens with two attached hydrogens (primary N) is 1. The van der Waals surface area contributed by atoms with E-state index >= 15 is 0 Å². The lowest BCUT2D eigenvalue weighted by atomic mass is 10.3. The first-order valence-corrected chi connectivity index (χ1v) is 6.44. The number of ether oxygens (including phenoxy) is 1. The van der Waals surface area contributed by atoms with Gasteiger partial charge in [-0.15, -0.1) is 0 Å². The van der Waals surface area contributed by atoms with Crippen LogP contribution in [-0.2, 0) is 11.3 Å². The van der Waals surface area contributed by atoms with E-state index in [1.54, 1.807) is 0 Å². The monoisotopic (exact) mass is 274 g/mol. The van der Waals surface area contributed by atoms with Crippen molar-refractivity contribution in [2.45, 2.75) is 19.9 Å². The lowest BCUT2D eigenvalue weighted by molar-refractivity contribution is -0.118. The summed E-state index contributed by atoms with van der Waals surface area (Å²) in [4.78, 5) is 10.7. The average Bonchev–Trinajstić information content (AvgIpc) is 2.83. The Morgan fingerprint density at radius 1 is 1.30 bits per heavy atom. The predicted molar refractivity (Wildman–Crippen MR) is 76.5 cm³/mol. The number of furan rings is 1. The normalized spacial score (nSPS) is 10.2. The molecule has 0 saturated carbocycles. The quantitative estimate of drug-likeness (QED) is 0.813. The lowest BCUT2D eigenvalue weighted by Crippen LogP contribution is -2.15. The van der Waals surface area contributed by atoms with Crippen molar-refractivity contribution in [3.63, 3.8) is 0 Å². The van der Waals surface area contributed by atoms with Crippen molar-refractivity contribution in [1.29, 1.82) is 0 Å². The summed E-state index contributed by atoms with van der Waals surface area (Å²) in [6.45, 7) is 2.75. The molecule has 0 unspecified atom stereocenters. The topological polar surface area (TPSA) is 77.5 Å². The molecular formula is C15H18N2O3. The van der Waals surface area contributed by atoms with Crippen molar-refractivity contribution in [2.24, 2.45) is 5.73 Å². The second-order valence-electron chi connectivity index (χ2n) is 4.43. The molecule has 0 aliphatic heterocycles. The van der Waals surface area contributed by atoms with Gasteiger partial charge in [0, 0.05) is 0 Å². The van der Waals surface area contributed by atoms with Crippen LogP contribution in [0.4, 0.5) is 5.69 Å². The van der Waals surface area contributed by atoms with Gasteiger partial charge in [0.2, 0.25) is 5.91 Å². The summed E-state index contributed by atoms with van der Waals surface area (Å²) in [5, 5.41) is 3.25. The fraction of sp³-hybridized carbons (Fsp3) is 0.267. The molecule has 0 radical (unpaired) electrons. The average molecular weight is 274 g/mol. The van der Waals surface area contributed by atoms with Gasteiger partial charge in [0.1, 0.15) is 17.3 Å². The molecule has 0 atom stereocenters. The summed E-state index contributed by atoms with van der Waals surface area (Å²) >= 11 is 0. The fourth-order valence-corrected chi connectivity index (χ4v) is 1.76. The Morgan fingerprint density at radius 2 is 2.10 bits per heavy atom. The first-order valence-electron chi connectivity index (χ1n) is 6.44. The minimum atomic E-state index is -0.374. The molecule has 5 heteroatoms. The van der Waals surface area contributed by atoms with Crippen LogP contribution in [0.15, 0.2) is 40.8 Å². The standard InChI is InChI=1S/C15H18N2O3/c1-11-6-7-12(20-11)10-17-13-4-2-3-5-14(13)19-9-8-15(16)18/h2-7,17H,8-10H2,1H3,(H2,16,18). The maximum Gasteiger partial charge on any atom is 0.220 e. The van der Waals surface area contributed by atoms with Gasteiger partial charge in [-0.2, -0.15) is 0 Å². The van der Waals surface area contributed by atoms with E-state index < -0.39 is 0 Å². The molecule has 1 amide bonds. The van der Waals surface area contributed by atoms with Crippen LogP contribution < -0.4 is 15.8 Å². The van der Waals surface area contributed by atoms with Crippen LogP contribution in [0.3, 0.4) is 0 Å². The zero-order chi connectivity index (χ0) is 14.4. The number of nitrogens with one attached hydrogen (secondary N) is 1. The molecule has 1 heterocycles. The molecular weight excluding hydrogens is 256 g/mol. The number of hydrogen-bond acceptors (Lipinski definition) is 4. The van der Waals surface area contributed by atoms with Gasteiger partial charge in [-0.25, -0.2) is 0 Å². The van der Waals surface area contributed by atoms with E-state index in [1.807, 2.05) is 43.3 Å². The third-order valence-electron chi connectivity index (χ3n) is 2.74. The third-order valence-corrected chi connectivity index (χ3v) is 2.74. The molecule has 20 heavy (non-hydrogen) atoms. The molecule has 0 saturated heterocycles. The molecule has 0 aliphatic carbocycles. The third kappa shape index (κ3) is 4.05. The molecule has 3 N–H and O–H groups in total. The Hall–Kier alpha value is -2.43. The predicted octanol–water partition coefficient (Wildman–Crippen LogP) is 2.45. The van der Waals surface area contributed by atoms with Crippen molar-refractivity contribution in [2.75, 3.05) is 11.9 Å². The molecule has 5 nitrogen and oxygen atoms in total. The highest BCUT2D eigenvalue weighted by Gasteiger charge is 2.05. The number of para-hydroxylation sites is 2. The van der Waals surface area contributed by atoms with Gasteiger partial charge in [-0.1, -0.05) is 12.1 Å². The Kier molecular flexibility index (Phi) is 4.65. The first kappa shape index (κ1) is 14.0. The SMILES string of the molecule is Cc1ccc(CNc2ccccc2OCCC(N)=O)o1. The molecule has 2 aromatic rings. The van der Waals surface area contributed by atoms with Gasteiger partial charge < -0.3 is 20.2 Å². The first-order chi connectivity index (χ1) is 9.65. The number of rotatable bonds is 7. The van der Waals surface area contributed by atoms with Gasteiger partial charge in [0.05, 0.1) is 25.3 Å². The van der Waals surface area contributed by atoms with Crippen LogP contribution in [0.2, 0.25) is 0 Å². The van der Waals surface area contributed by atoms with Gasteiger partial charge >= 0.3 is 0 Å². The van der Waals surface area contributed by atoms with Crippen LogP contribution in [-0.4, -0.2) is 12.5 Å². The molecule has 0 spiro atoms.